The molecule has 30 heavy (non-hydrogen) atoms. The number of hydrogen-bond acceptors (Lipinski definition) is 10. The van der Waals surface area contributed by atoms with Crippen molar-refractivity contribution < 1.29 is 49.2 Å². The van der Waals surface area contributed by atoms with Crippen LogP contribution in [0.25, 0.3) is 0 Å². The molecule has 10 N–H and O–H groups in total. The highest BCUT2D eigenvalue weighted by Crippen LogP contribution is 2.23. The van der Waals surface area contributed by atoms with Crippen LogP contribution in [-0.4, -0.2) is 91.8 Å². The van der Waals surface area contributed by atoms with Gasteiger partial charge in [-0.15, -0.1) is 0 Å². The second-order valence-electron chi connectivity index (χ2n) is 5.78. The van der Waals surface area contributed by atoms with Crippen LogP contribution in [0.15, 0.2) is 0 Å². The van der Waals surface area contributed by atoms with Crippen molar-refractivity contribution in [2.24, 2.45) is 11.5 Å². The first kappa shape index (κ1) is 27.4. The van der Waals surface area contributed by atoms with Crippen LogP contribution < -0.4 is 22.1 Å². The molecule has 0 aromatic rings. The van der Waals surface area contributed by atoms with Crippen LogP contribution in [0.5, 0.6) is 0 Å². The van der Waals surface area contributed by atoms with Crippen LogP contribution in [-0.2, 0) is 28.8 Å². The van der Waals surface area contributed by atoms with E-state index in [4.69, 9.17) is 31.9 Å². The zero-order valence-electron chi connectivity index (χ0n) is 15.3. The molecule has 14 nitrogen and oxygen atoms in total. The van der Waals surface area contributed by atoms with E-state index in [1.165, 1.54) is 0 Å². The van der Waals surface area contributed by atoms with Crippen molar-refractivity contribution in [3.05, 3.63) is 0 Å². The fraction of sp³-hybridized carbons (Fsp3) is 0.571. The lowest BCUT2D eigenvalue weighted by Gasteiger charge is -2.18. The largest absolute Gasteiger partial charge is 0.481 e. The van der Waals surface area contributed by atoms with Crippen LogP contribution in [0.4, 0.5) is 0 Å². The Morgan fingerprint density at radius 1 is 0.667 bits per heavy atom. The van der Waals surface area contributed by atoms with E-state index in [0.717, 1.165) is 21.6 Å². The van der Waals surface area contributed by atoms with E-state index < -0.39 is 72.7 Å². The fourth-order valence-corrected chi connectivity index (χ4v) is 4.01. The normalized spacial score (nSPS) is 14.6. The smallest absolute Gasteiger partial charge is 0.327 e. The number of amides is 2. The Kier molecular flexibility index (Phi) is 12.5. The van der Waals surface area contributed by atoms with Gasteiger partial charge >= 0.3 is 23.9 Å². The van der Waals surface area contributed by atoms with E-state index in [2.05, 4.69) is 10.6 Å². The molecule has 0 heterocycles. The summed E-state index contributed by atoms with van der Waals surface area (Å²) in [5.41, 5.74) is 10.7. The van der Waals surface area contributed by atoms with Crippen LogP contribution in [0.2, 0.25) is 0 Å². The van der Waals surface area contributed by atoms with E-state index in [0.29, 0.717) is 0 Å². The molecule has 0 aromatic heterocycles. The summed E-state index contributed by atoms with van der Waals surface area (Å²) in [5.74, 6) is -7.88. The minimum atomic E-state index is -1.44. The number of nitrogens with one attached hydrogen (secondary N) is 2. The Bertz CT molecular complexity index is 621. The molecule has 0 rings (SSSR count). The van der Waals surface area contributed by atoms with Gasteiger partial charge in [0.15, 0.2) is 0 Å². The SMILES string of the molecule is NC(CC(=O)O)C(=O)N[C@@H](CSSC[C@H](NC(=O)C(N)CC(=O)O)C(=O)O)C(=O)O. The topological polar surface area (TPSA) is 259 Å². The van der Waals surface area contributed by atoms with Gasteiger partial charge in [0, 0.05) is 11.5 Å². The Morgan fingerprint density at radius 2 is 0.967 bits per heavy atom. The lowest BCUT2D eigenvalue weighted by molar-refractivity contribution is -0.142. The Balaban J connectivity index is 4.61. The molecule has 0 aliphatic heterocycles. The molecule has 0 aliphatic rings. The van der Waals surface area contributed by atoms with Crippen LogP contribution in [0, 0.1) is 0 Å². The molecule has 0 spiro atoms. The lowest BCUT2D eigenvalue weighted by atomic mass is 10.2. The van der Waals surface area contributed by atoms with E-state index in [1.54, 1.807) is 0 Å². The number of nitrogens with two attached hydrogens (primary N) is 2. The first-order valence-electron chi connectivity index (χ1n) is 8.10. The lowest BCUT2D eigenvalue weighted by Crippen LogP contribution is -2.50. The van der Waals surface area contributed by atoms with Gasteiger partial charge in [-0.05, 0) is 0 Å². The summed E-state index contributed by atoms with van der Waals surface area (Å²) in [6, 6.07) is -5.72. The molecule has 2 amide bonds. The maximum atomic E-state index is 11.7. The zero-order chi connectivity index (χ0) is 23.4. The molecule has 0 aliphatic carbocycles. The molecular formula is C14H22N4O10S2. The van der Waals surface area contributed by atoms with Crippen molar-refractivity contribution in [2.75, 3.05) is 11.5 Å². The minimum absolute atomic E-state index is 0.218. The van der Waals surface area contributed by atoms with Crippen molar-refractivity contribution in [3.8, 4) is 0 Å². The van der Waals surface area contributed by atoms with Crippen LogP contribution in [0.3, 0.4) is 0 Å². The molecule has 0 radical (unpaired) electrons. The van der Waals surface area contributed by atoms with E-state index in [1.807, 2.05) is 0 Å². The van der Waals surface area contributed by atoms with Gasteiger partial charge in [0.05, 0.1) is 24.9 Å². The van der Waals surface area contributed by atoms with Crippen molar-refractivity contribution in [1.29, 1.82) is 0 Å². The van der Waals surface area contributed by atoms with Crippen molar-refractivity contribution in [1.82, 2.24) is 10.6 Å². The monoisotopic (exact) mass is 470 g/mol. The maximum Gasteiger partial charge on any atom is 0.327 e. The van der Waals surface area contributed by atoms with Gasteiger partial charge in [-0.2, -0.15) is 0 Å². The quantitative estimate of drug-likeness (QED) is 0.0882. The van der Waals surface area contributed by atoms with Gasteiger partial charge < -0.3 is 42.5 Å². The van der Waals surface area contributed by atoms with Crippen molar-refractivity contribution in [2.45, 2.75) is 37.0 Å². The number of carbonyl (C=O) groups excluding carboxylic acids is 2. The minimum Gasteiger partial charge on any atom is -0.481 e. The molecule has 2 unspecified atom stereocenters. The highest BCUT2D eigenvalue weighted by Gasteiger charge is 2.27. The van der Waals surface area contributed by atoms with Gasteiger partial charge in [0.1, 0.15) is 12.1 Å². The van der Waals surface area contributed by atoms with Gasteiger partial charge in [-0.25, -0.2) is 9.59 Å². The first-order chi connectivity index (χ1) is 13.8. The fourth-order valence-electron chi connectivity index (χ4n) is 1.70. The number of aliphatic carboxylic acids is 4. The standard InChI is InChI=1S/C14H22N4O10S2/c15-5(1-9(19)20)11(23)17-7(13(25)26)3-29-30-4-8(14(27)28)18-12(24)6(16)2-10(21)22/h5-8H,1-4,15-16H2,(H,17,23)(H,18,24)(H,19,20)(H,21,22)(H,25,26)(H,27,28)/t5?,6?,7-,8-/m0/s1. The van der Waals surface area contributed by atoms with Gasteiger partial charge in [0.25, 0.3) is 0 Å². The third kappa shape index (κ3) is 11.4. The average molecular weight is 470 g/mol. The Hall–Kier alpha value is -2.56. The summed E-state index contributed by atoms with van der Waals surface area (Å²) in [6.07, 6.45) is -1.38. The predicted octanol–water partition coefficient (Wildman–Crippen LogP) is -2.89. The second kappa shape index (κ2) is 13.6. The predicted molar refractivity (Wildman–Crippen MR) is 105 cm³/mol. The third-order valence-electron chi connectivity index (χ3n) is 3.24. The van der Waals surface area contributed by atoms with Gasteiger partial charge in [0.2, 0.25) is 11.8 Å². The van der Waals surface area contributed by atoms with Crippen molar-refractivity contribution >= 4 is 57.3 Å². The molecule has 0 fully saturated rings. The number of hydrogen-bond donors (Lipinski definition) is 8. The summed E-state index contributed by atoms with van der Waals surface area (Å²) in [4.78, 5) is 67.0. The summed E-state index contributed by atoms with van der Waals surface area (Å²) < 4.78 is 0. The molecule has 0 aromatic carbocycles. The number of rotatable bonds is 15. The molecule has 16 heteroatoms. The number of carboxylic acids is 4. The Labute approximate surface area is 177 Å². The van der Waals surface area contributed by atoms with Gasteiger partial charge in [-0.1, -0.05) is 21.6 Å². The molecule has 4 atom stereocenters. The summed E-state index contributed by atoms with van der Waals surface area (Å²) in [5, 5.41) is 39.6. The van der Waals surface area contributed by atoms with E-state index >= 15 is 0 Å². The first-order valence-corrected chi connectivity index (χ1v) is 10.6. The summed E-state index contributed by atoms with van der Waals surface area (Å²) in [7, 11) is 1.75. The second-order valence-corrected chi connectivity index (χ2v) is 8.33. The number of carbonyl (C=O) groups is 6. The van der Waals surface area contributed by atoms with E-state index in [9.17, 15) is 28.8 Å². The summed E-state index contributed by atoms with van der Waals surface area (Å²) >= 11 is 0. The highest BCUT2D eigenvalue weighted by molar-refractivity contribution is 8.76. The maximum absolute atomic E-state index is 11.7. The van der Waals surface area contributed by atoms with Crippen LogP contribution >= 0.6 is 21.6 Å². The average Bonchev–Trinajstić information content (AvgIpc) is 2.60. The molecular weight excluding hydrogens is 448 g/mol. The molecule has 170 valence electrons. The summed E-state index contributed by atoms with van der Waals surface area (Å²) in [6.45, 7) is 0. The van der Waals surface area contributed by atoms with Crippen molar-refractivity contribution in [3.63, 3.8) is 0 Å². The Morgan fingerprint density at radius 3 is 1.20 bits per heavy atom. The zero-order valence-corrected chi connectivity index (χ0v) is 17.0. The molecule has 0 saturated heterocycles. The third-order valence-corrected chi connectivity index (χ3v) is 5.67. The highest BCUT2D eigenvalue weighted by atomic mass is 33.1. The van der Waals surface area contributed by atoms with Gasteiger partial charge in [-0.3, -0.25) is 19.2 Å². The molecule has 0 saturated carbocycles. The number of carboxylic acid groups (broad SMARTS) is 4. The van der Waals surface area contributed by atoms with Crippen LogP contribution in [0.1, 0.15) is 12.8 Å². The van der Waals surface area contributed by atoms with E-state index in [-0.39, 0.29) is 11.5 Å². The molecule has 0 bridgehead atoms.